The van der Waals surface area contributed by atoms with E-state index in [1.54, 1.807) is 7.11 Å². The third-order valence-electron chi connectivity index (χ3n) is 5.89. The largest absolute Gasteiger partial charge is 0.493 e. The molecular formula is C26H31NO5. The van der Waals surface area contributed by atoms with Gasteiger partial charge in [0.25, 0.3) is 0 Å². The molecule has 0 unspecified atom stereocenters. The fourth-order valence-corrected chi connectivity index (χ4v) is 4.64. The molecule has 2 atom stereocenters. The minimum absolute atomic E-state index is 0.0358. The van der Waals surface area contributed by atoms with E-state index in [0.29, 0.717) is 23.8 Å². The summed E-state index contributed by atoms with van der Waals surface area (Å²) in [4.78, 5) is 24.2. The molecule has 6 nitrogen and oxygen atoms in total. The van der Waals surface area contributed by atoms with E-state index in [1.165, 1.54) is 12.3 Å². The quantitative estimate of drug-likeness (QED) is 0.609. The van der Waals surface area contributed by atoms with E-state index in [4.69, 9.17) is 9.47 Å². The lowest BCUT2D eigenvalue weighted by molar-refractivity contribution is 0.0693. The number of allylic oxidation sites excluding steroid dienone is 1. The van der Waals surface area contributed by atoms with Crippen molar-refractivity contribution in [2.24, 2.45) is 5.41 Å². The third-order valence-corrected chi connectivity index (χ3v) is 5.89. The maximum Gasteiger partial charge on any atom is 0.341 e. The number of hydrogen-bond donors (Lipinski definition) is 1. The maximum atomic E-state index is 12.6. The number of hydrogen-bond acceptors (Lipinski definition) is 4. The van der Waals surface area contributed by atoms with Crippen molar-refractivity contribution in [1.82, 2.24) is 4.57 Å². The van der Waals surface area contributed by atoms with Gasteiger partial charge in [0.2, 0.25) is 0 Å². The first kappa shape index (κ1) is 23.4. The monoisotopic (exact) mass is 437 g/mol. The van der Waals surface area contributed by atoms with Crippen LogP contribution in [0, 0.1) is 5.41 Å². The van der Waals surface area contributed by atoms with Gasteiger partial charge in [-0.05, 0) is 35.6 Å². The van der Waals surface area contributed by atoms with Crippen molar-refractivity contribution < 1.29 is 19.4 Å². The van der Waals surface area contributed by atoms with Crippen molar-refractivity contribution in [2.75, 3.05) is 13.7 Å². The van der Waals surface area contributed by atoms with Gasteiger partial charge in [-0.2, -0.15) is 0 Å². The number of pyridine rings is 1. The van der Waals surface area contributed by atoms with Gasteiger partial charge in [-0.3, -0.25) is 4.79 Å². The molecule has 1 aromatic carbocycles. The molecule has 1 N–H and O–H groups in total. The number of carboxylic acid groups (broad SMARTS) is 1. The molecule has 0 radical (unpaired) electrons. The maximum absolute atomic E-state index is 12.6. The number of rotatable bonds is 6. The standard InChI is InChI=1S/C26H31NO5/c1-8-9-15(2)14-32-23-10-17-16(3)24(26(4,5)6)27-13-19(25(29)30)21(28)12-20(27)18(17)11-22(23)31-7/h8-13,16,24H,2,14H2,1,3-7H3,(H,29,30)/b9-8-/t16-,24+/m0/s1. The van der Waals surface area contributed by atoms with Gasteiger partial charge in [0.15, 0.2) is 16.9 Å². The molecule has 0 bridgehead atoms. The first-order valence-electron chi connectivity index (χ1n) is 10.6. The number of carboxylic acids is 1. The molecule has 32 heavy (non-hydrogen) atoms. The minimum atomic E-state index is -1.22. The summed E-state index contributed by atoms with van der Waals surface area (Å²) in [6.45, 7) is 14.7. The number of nitrogens with zero attached hydrogens (tertiary/aromatic N) is 1. The lowest BCUT2D eigenvalue weighted by Gasteiger charge is -2.43. The van der Waals surface area contributed by atoms with Crippen molar-refractivity contribution in [3.63, 3.8) is 0 Å². The first-order valence-corrected chi connectivity index (χ1v) is 10.6. The number of fused-ring (bicyclic) bond motifs is 3. The van der Waals surface area contributed by atoms with E-state index in [0.717, 1.165) is 16.7 Å². The van der Waals surface area contributed by atoms with Crippen molar-refractivity contribution in [3.05, 3.63) is 70.1 Å². The molecule has 1 aromatic heterocycles. The molecule has 2 heterocycles. The first-order chi connectivity index (χ1) is 15.0. The summed E-state index contributed by atoms with van der Waals surface area (Å²) in [5, 5.41) is 9.52. The summed E-state index contributed by atoms with van der Waals surface area (Å²) in [7, 11) is 1.57. The van der Waals surface area contributed by atoms with Crippen LogP contribution in [-0.4, -0.2) is 29.4 Å². The summed E-state index contributed by atoms with van der Waals surface area (Å²) in [6, 6.07) is 5.19. The van der Waals surface area contributed by atoms with Gasteiger partial charge in [-0.15, -0.1) is 0 Å². The molecule has 1 aliphatic rings. The third kappa shape index (κ3) is 4.22. The van der Waals surface area contributed by atoms with Crippen molar-refractivity contribution in [3.8, 4) is 22.8 Å². The van der Waals surface area contributed by atoms with Crippen molar-refractivity contribution >= 4 is 5.97 Å². The highest BCUT2D eigenvalue weighted by molar-refractivity contribution is 5.88. The van der Waals surface area contributed by atoms with E-state index in [-0.39, 0.29) is 22.9 Å². The van der Waals surface area contributed by atoms with Crippen LogP contribution in [0.25, 0.3) is 11.3 Å². The second-order valence-electron chi connectivity index (χ2n) is 9.29. The second-order valence-corrected chi connectivity index (χ2v) is 9.29. The Hall–Kier alpha value is -3.28. The number of methoxy groups -OCH3 is 1. The predicted octanol–water partition coefficient (Wildman–Crippen LogP) is 5.44. The van der Waals surface area contributed by atoms with Gasteiger partial charge in [-0.25, -0.2) is 4.79 Å². The van der Waals surface area contributed by atoms with E-state index >= 15 is 0 Å². The zero-order valence-electron chi connectivity index (χ0n) is 19.6. The van der Waals surface area contributed by atoms with Gasteiger partial charge in [-0.1, -0.05) is 46.4 Å². The van der Waals surface area contributed by atoms with Gasteiger partial charge >= 0.3 is 5.97 Å². The molecular weight excluding hydrogens is 406 g/mol. The number of ether oxygens (including phenoxy) is 2. The number of aromatic carboxylic acids is 1. The number of benzene rings is 1. The fourth-order valence-electron chi connectivity index (χ4n) is 4.64. The van der Waals surface area contributed by atoms with Crippen molar-refractivity contribution in [2.45, 2.75) is 46.6 Å². The van der Waals surface area contributed by atoms with E-state index in [9.17, 15) is 14.7 Å². The lowest BCUT2D eigenvalue weighted by Crippen LogP contribution is -2.35. The van der Waals surface area contributed by atoms with Crippen LogP contribution >= 0.6 is 0 Å². The minimum Gasteiger partial charge on any atom is -0.493 e. The SMILES string of the molecule is C=C(/C=C\C)COc1cc2c(cc1OC)-c1cc(=O)c(C(=O)O)cn1[C@@H](C(C)(C)C)[C@H]2C. The molecule has 0 spiro atoms. The van der Waals surface area contributed by atoms with Gasteiger partial charge in [0, 0.05) is 29.8 Å². The smallest absolute Gasteiger partial charge is 0.341 e. The Morgan fingerprint density at radius 2 is 1.94 bits per heavy atom. The molecule has 2 aromatic rings. The Morgan fingerprint density at radius 3 is 2.50 bits per heavy atom. The summed E-state index contributed by atoms with van der Waals surface area (Å²) < 4.78 is 13.5. The average molecular weight is 438 g/mol. The molecule has 0 fully saturated rings. The summed E-state index contributed by atoms with van der Waals surface area (Å²) in [5.74, 6) is -0.0400. The highest BCUT2D eigenvalue weighted by atomic mass is 16.5. The summed E-state index contributed by atoms with van der Waals surface area (Å²) in [6.07, 6.45) is 5.28. The van der Waals surface area contributed by atoms with Crippen LogP contribution < -0.4 is 14.9 Å². The molecule has 0 saturated heterocycles. The Morgan fingerprint density at radius 1 is 1.25 bits per heavy atom. The number of carbonyl (C=O) groups is 1. The van der Waals surface area contributed by atoms with Crippen LogP contribution in [0.1, 0.15) is 62.5 Å². The number of aromatic nitrogens is 1. The van der Waals surface area contributed by atoms with Crippen molar-refractivity contribution in [1.29, 1.82) is 0 Å². The van der Waals surface area contributed by atoms with Crippen LogP contribution in [0.4, 0.5) is 0 Å². The molecule has 0 amide bonds. The van der Waals surface area contributed by atoms with Gasteiger partial charge in [0.05, 0.1) is 12.8 Å². The molecule has 170 valence electrons. The van der Waals surface area contributed by atoms with Crippen LogP contribution in [0.5, 0.6) is 11.5 Å². The zero-order chi connectivity index (χ0) is 23.8. The molecule has 0 aliphatic carbocycles. The predicted molar refractivity (Wildman–Crippen MR) is 126 cm³/mol. The van der Waals surface area contributed by atoms with Crippen LogP contribution in [0.15, 0.2) is 53.5 Å². The molecule has 0 saturated carbocycles. The fraction of sp³-hybridized carbons (Fsp3) is 0.385. The normalized spacial score (nSPS) is 17.6. The Bertz CT molecular complexity index is 1150. The van der Waals surface area contributed by atoms with Crippen LogP contribution in [0.3, 0.4) is 0 Å². The topological polar surface area (TPSA) is 77.8 Å². The Balaban J connectivity index is 2.24. The van der Waals surface area contributed by atoms with Crippen LogP contribution in [0.2, 0.25) is 0 Å². The molecule has 3 rings (SSSR count). The van der Waals surface area contributed by atoms with E-state index < -0.39 is 11.4 Å². The van der Waals surface area contributed by atoms with Crippen LogP contribution in [-0.2, 0) is 0 Å². The molecule has 1 aliphatic heterocycles. The summed E-state index contributed by atoms with van der Waals surface area (Å²) in [5.41, 5.74) is 2.44. The zero-order valence-corrected chi connectivity index (χ0v) is 19.6. The Kier molecular flexibility index (Phi) is 6.35. The van der Waals surface area contributed by atoms with Gasteiger partial charge in [0.1, 0.15) is 12.2 Å². The average Bonchev–Trinajstić information content (AvgIpc) is 2.71. The van der Waals surface area contributed by atoms with E-state index in [2.05, 4.69) is 34.3 Å². The lowest BCUT2D eigenvalue weighted by atomic mass is 9.72. The highest BCUT2D eigenvalue weighted by Gasteiger charge is 2.39. The second kappa shape index (κ2) is 8.69. The summed E-state index contributed by atoms with van der Waals surface area (Å²) >= 11 is 0. The Labute approximate surface area is 188 Å². The van der Waals surface area contributed by atoms with Gasteiger partial charge < -0.3 is 19.1 Å². The molecule has 6 heteroatoms. The van der Waals surface area contributed by atoms with E-state index in [1.807, 2.05) is 35.8 Å². The highest BCUT2D eigenvalue weighted by Crippen LogP contribution is 2.51.